The van der Waals surface area contributed by atoms with E-state index < -0.39 is 73.9 Å². The van der Waals surface area contributed by atoms with E-state index in [1.54, 1.807) is 0 Å². The number of halogens is 17. The normalized spacial score (nSPS) is 16.1. The highest BCUT2D eigenvalue weighted by molar-refractivity contribution is 5.13. The first kappa shape index (κ1) is 29.7. The lowest BCUT2D eigenvalue weighted by Gasteiger charge is -2.42. The minimum Gasteiger partial charge on any atom is -0.394 e. The van der Waals surface area contributed by atoms with E-state index in [9.17, 15) is 74.6 Å². The Bertz CT molecular complexity index is 609. The molecule has 0 unspecified atom stereocenters. The lowest BCUT2D eigenvalue weighted by molar-refractivity contribution is -0.466. The van der Waals surface area contributed by atoms with E-state index in [2.05, 4.69) is 4.74 Å². The molecule has 0 fully saturated rings. The molecule has 0 radical (unpaired) electrons. The maximum Gasteiger partial charge on any atom is 0.426 e. The fourth-order valence-electron chi connectivity index (χ4n) is 1.72. The quantitative estimate of drug-likeness (QED) is 0.361. The predicted octanol–water partition coefficient (Wildman–Crippen LogP) is 5.74. The minimum atomic E-state index is -8.40. The third kappa shape index (κ3) is 4.90. The Morgan fingerprint density at radius 3 is 1.19 bits per heavy atom. The molecule has 0 aromatic rings. The summed E-state index contributed by atoms with van der Waals surface area (Å²) < 4.78 is 224. The largest absolute Gasteiger partial charge is 0.426 e. The number of aliphatic hydroxyl groups is 1. The van der Waals surface area contributed by atoms with Gasteiger partial charge in [0.25, 0.3) is 0 Å². The van der Waals surface area contributed by atoms with Crippen molar-refractivity contribution in [1.82, 2.24) is 0 Å². The molecule has 0 atom stereocenters. The summed E-state index contributed by atoms with van der Waals surface area (Å²) in [5.41, 5.74) is 0. The third-order valence-electron chi connectivity index (χ3n) is 3.50. The van der Waals surface area contributed by atoms with Gasteiger partial charge in [0, 0.05) is 12.8 Å². The average Bonchev–Trinajstić information content (AvgIpc) is 2.56. The first-order chi connectivity index (χ1) is 13.3. The van der Waals surface area contributed by atoms with E-state index in [1.165, 1.54) is 0 Å². The van der Waals surface area contributed by atoms with Gasteiger partial charge in [0.05, 0.1) is 13.2 Å². The SMILES string of the molecule is OCCOC(F)(F)C(F)(F)C(F)(F)C(F)(F)C(F)(F)C(F)(F)C(F)(F)CCC(F)(F)F. The van der Waals surface area contributed by atoms with Crippen LogP contribution < -0.4 is 0 Å². The standard InChI is InChI=1S/C12H9F17O2/c13-5(14,1-2-6(15,16)17)7(18,19)8(20,21)9(22,23)10(24,25)11(26,27)12(28,29)31-4-3-30/h30H,1-4H2. The summed E-state index contributed by atoms with van der Waals surface area (Å²) in [6, 6.07) is 0. The van der Waals surface area contributed by atoms with Crippen LogP contribution in [0.3, 0.4) is 0 Å². The molecule has 0 saturated heterocycles. The van der Waals surface area contributed by atoms with Gasteiger partial charge in [0.15, 0.2) is 0 Å². The van der Waals surface area contributed by atoms with Crippen LogP contribution in [0.2, 0.25) is 0 Å². The average molecular weight is 508 g/mol. The lowest BCUT2D eigenvalue weighted by atomic mass is 9.89. The van der Waals surface area contributed by atoms with Gasteiger partial charge in [-0.05, 0) is 0 Å². The summed E-state index contributed by atoms with van der Waals surface area (Å²) in [5, 5.41) is 8.07. The molecule has 0 aliphatic rings. The summed E-state index contributed by atoms with van der Waals surface area (Å²) in [5.74, 6) is -47.4. The molecule has 1 N–H and O–H groups in total. The van der Waals surface area contributed by atoms with Crippen LogP contribution in [0.1, 0.15) is 12.8 Å². The smallest absolute Gasteiger partial charge is 0.394 e. The summed E-state index contributed by atoms with van der Waals surface area (Å²) in [6.07, 6.45) is -19.0. The molecule has 0 aliphatic heterocycles. The first-order valence-electron chi connectivity index (χ1n) is 7.23. The van der Waals surface area contributed by atoms with Crippen LogP contribution in [0.25, 0.3) is 0 Å². The predicted molar refractivity (Wildman–Crippen MR) is 63.0 cm³/mol. The monoisotopic (exact) mass is 508 g/mol. The summed E-state index contributed by atoms with van der Waals surface area (Å²) in [4.78, 5) is 0. The van der Waals surface area contributed by atoms with E-state index in [0.29, 0.717) is 0 Å². The number of rotatable bonds is 11. The second kappa shape index (κ2) is 8.26. The number of ether oxygens (including phenoxy) is 1. The van der Waals surface area contributed by atoms with Crippen molar-refractivity contribution in [2.45, 2.75) is 60.7 Å². The Hall–Kier alpha value is -1.27. The molecule has 188 valence electrons. The van der Waals surface area contributed by atoms with Crippen LogP contribution >= 0.6 is 0 Å². The summed E-state index contributed by atoms with van der Waals surface area (Å²) in [6.45, 7) is -3.64. The van der Waals surface area contributed by atoms with Gasteiger partial charge in [0.2, 0.25) is 0 Å². The van der Waals surface area contributed by atoms with Crippen molar-refractivity contribution in [3.63, 3.8) is 0 Å². The molecule has 31 heavy (non-hydrogen) atoms. The van der Waals surface area contributed by atoms with Crippen molar-refractivity contribution in [2.75, 3.05) is 13.2 Å². The highest BCUT2D eigenvalue weighted by atomic mass is 19.4. The Morgan fingerprint density at radius 2 is 0.839 bits per heavy atom. The molecule has 0 rings (SSSR count). The van der Waals surface area contributed by atoms with Crippen LogP contribution in [-0.4, -0.2) is 66.1 Å². The Labute approximate surface area is 159 Å². The summed E-state index contributed by atoms with van der Waals surface area (Å²) >= 11 is 0. The van der Waals surface area contributed by atoms with Gasteiger partial charge in [-0.25, -0.2) is 0 Å². The van der Waals surface area contributed by atoms with Crippen LogP contribution in [0.15, 0.2) is 0 Å². The van der Waals surface area contributed by atoms with Gasteiger partial charge in [-0.3, -0.25) is 0 Å². The Balaban J connectivity index is 6.36. The van der Waals surface area contributed by atoms with Crippen molar-refractivity contribution in [2.24, 2.45) is 0 Å². The topological polar surface area (TPSA) is 29.5 Å². The lowest BCUT2D eigenvalue weighted by Crippen LogP contribution is -2.73. The molecule has 0 saturated carbocycles. The highest BCUT2D eigenvalue weighted by Crippen LogP contribution is 2.62. The zero-order valence-electron chi connectivity index (χ0n) is 14.1. The highest BCUT2D eigenvalue weighted by Gasteiger charge is 2.93. The molecule has 0 aliphatic carbocycles. The van der Waals surface area contributed by atoms with Gasteiger partial charge in [-0.2, -0.15) is 74.6 Å². The Morgan fingerprint density at radius 1 is 0.484 bits per heavy atom. The third-order valence-corrected chi connectivity index (χ3v) is 3.50. The van der Waals surface area contributed by atoms with Crippen LogP contribution in [0.5, 0.6) is 0 Å². The molecule has 0 aromatic heterocycles. The second-order valence-corrected chi connectivity index (χ2v) is 5.78. The number of hydrogen-bond acceptors (Lipinski definition) is 2. The molecule has 0 aromatic carbocycles. The molecule has 19 heteroatoms. The van der Waals surface area contributed by atoms with Crippen LogP contribution in [0, 0.1) is 0 Å². The van der Waals surface area contributed by atoms with Crippen molar-refractivity contribution >= 4 is 0 Å². The molecular weight excluding hydrogens is 499 g/mol. The van der Waals surface area contributed by atoms with Crippen molar-refractivity contribution in [1.29, 1.82) is 0 Å². The number of hydrogen-bond donors (Lipinski definition) is 1. The molecule has 0 heterocycles. The van der Waals surface area contributed by atoms with E-state index >= 15 is 0 Å². The summed E-state index contributed by atoms with van der Waals surface area (Å²) in [7, 11) is 0. The van der Waals surface area contributed by atoms with Gasteiger partial charge in [0.1, 0.15) is 0 Å². The maximum atomic E-state index is 13.4. The Kier molecular flexibility index (Phi) is 7.92. The molecular formula is C12H9F17O2. The van der Waals surface area contributed by atoms with Gasteiger partial charge in [-0.15, -0.1) is 0 Å². The fourth-order valence-corrected chi connectivity index (χ4v) is 1.72. The second-order valence-electron chi connectivity index (χ2n) is 5.78. The van der Waals surface area contributed by atoms with E-state index in [1.807, 2.05) is 0 Å². The number of alkyl halides is 17. The molecule has 0 bridgehead atoms. The van der Waals surface area contributed by atoms with Crippen LogP contribution in [-0.2, 0) is 4.74 Å². The van der Waals surface area contributed by atoms with E-state index in [0.717, 1.165) is 0 Å². The van der Waals surface area contributed by atoms with Gasteiger partial charge < -0.3 is 9.84 Å². The zero-order valence-corrected chi connectivity index (χ0v) is 14.1. The zero-order chi connectivity index (χ0) is 25.5. The van der Waals surface area contributed by atoms with Crippen molar-refractivity contribution < 1.29 is 84.5 Å². The maximum absolute atomic E-state index is 13.4. The fraction of sp³-hybridized carbons (Fsp3) is 1.00. The first-order valence-corrected chi connectivity index (χ1v) is 7.23. The van der Waals surface area contributed by atoms with E-state index in [4.69, 9.17) is 5.11 Å². The van der Waals surface area contributed by atoms with Gasteiger partial charge in [-0.1, -0.05) is 0 Å². The molecule has 0 spiro atoms. The van der Waals surface area contributed by atoms with Crippen molar-refractivity contribution in [3.05, 3.63) is 0 Å². The minimum absolute atomic E-state index is 1.65. The number of aliphatic hydroxyl groups excluding tert-OH is 1. The molecule has 0 amide bonds. The molecule has 2 nitrogen and oxygen atoms in total. The van der Waals surface area contributed by atoms with Crippen molar-refractivity contribution in [3.8, 4) is 0 Å². The van der Waals surface area contributed by atoms with Gasteiger partial charge >= 0.3 is 47.8 Å². The van der Waals surface area contributed by atoms with E-state index in [-0.39, 0.29) is 0 Å². The van der Waals surface area contributed by atoms with Crippen LogP contribution in [0.4, 0.5) is 74.6 Å².